The van der Waals surface area contributed by atoms with Crippen LogP contribution in [0.2, 0.25) is 0 Å². The quantitative estimate of drug-likeness (QED) is 0.485. The zero-order chi connectivity index (χ0) is 24.9. The van der Waals surface area contributed by atoms with Crippen LogP contribution in [0.4, 0.5) is 4.79 Å². The first-order chi connectivity index (χ1) is 16.9. The van der Waals surface area contributed by atoms with Gasteiger partial charge in [-0.3, -0.25) is 4.79 Å². The van der Waals surface area contributed by atoms with Crippen molar-refractivity contribution in [3.63, 3.8) is 0 Å². The minimum Gasteiger partial charge on any atom is -0.480 e. The normalized spacial score (nSPS) is 20.4. The van der Waals surface area contributed by atoms with Crippen molar-refractivity contribution in [3.05, 3.63) is 59.7 Å². The number of ether oxygens (including phenoxy) is 1. The maximum Gasteiger partial charge on any atom is 0.407 e. The molecule has 1 fully saturated rings. The predicted octanol–water partition coefficient (Wildman–Crippen LogP) is 4.70. The van der Waals surface area contributed by atoms with E-state index in [-0.39, 0.29) is 42.7 Å². The second kappa shape index (κ2) is 10.9. The molecule has 7 nitrogen and oxygen atoms in total. The molecular formula is C28H34N2O5. The molecule has 1 saturated carbocycles. The Bertz CT molecular complexity index is 1040. The van der Waals surface area contributed by atoms with Gasteiger partial charge in [-0.15, -0.1) is 0 Å². The van der Waals surface area contributed by atoms with E-state index in [2.05, 4.69) is 34.9 Å². The van der Waals surface area contributed by atoms with Crippen LogP contribution < -0.4 is 10.6 Å². The smallest absolute Gasteiger partial charge is 0.407 e. The van der Waals surface area contributed by atoms with Gasteiger partial charge in [-0.05, 0) is 53.4 Å². The minimum absolute atomic E-state index is 0.0147. The predicted molar refractivity (Wildman–Crippen MR) is 133 cm³/mol. The Labute approximate surface area is 206 Å². The van der Waals surface area contributed by atoms with Gasteiger partial charge in [0.25, 0.3) is 0 Å². The first-order valence-corrected chi connectivity index (χ1v) is 12.5. The van der Waals surface area contributed by atoms with Gasteiger partial charge in [-0.25, -0.2) is 9.59 Å². The van der Waals surface area contributed by atoms with Gasteiger partial charge in [0.05, 0.1) is 0 Å². The zero-order valence-corrected chi connectivity index (χ0v) is 20.3. The Morgan fingerprint density at radius 2 is 1.66 bits per heavy atom. The SMILES string of the molecule is CCC(C)C(NC(=O)CC1CCC(NC(=O)OCC2c3ccccc3-c3ccccc32)C1)C(=O)O. The molecule has 4 rings (SSSR count). The highest BCUT2D eigenvalue weighted by Crippen LogP contribution is 2.44. The summed E-state index contributed by atoms with van der Waals surface area (Å²) in [6.45, 7) is 4.00. The van der Waals surface area contributed by atoms with Gasteiger partial charge in [-0.2, -0.15) is 0 Å². The van der Waals surface area contributed by atoms with Crippen LogP contribution in [0, 0.1) is 11.8 Å². The lowest BCUT2D eigenvalue weighted by atomic mass is 9.98. The number of fused-ring (bicyclic) bond motifs is 3. The Morgan fingerprint density at radius 3 is 2.26 bits per heavy atom. The highest BCUT2D eigenvalue weighted by atomic mass is 16.5. The van der Waals surface area contributed by atoms with Crippen molar-refractivity contribution in [3.8, 4) is 11.1 Å². The summed E-state index contributed by atoms with van der Waals surface area (Å²) in [4.78, 5) is 36.4. The fraction of sp³-hybridized carbons (Fsp3) is 0.464. The summed E-state index contributed by atoms with van der Waals surface area (Å²) in [5.74, 6) is -1.26. The lowest BCUT2D eigenvalue weighted by molar-refractivity contribution is -0.143. The molecule has 4 atom stereocenters. The summed E-state index contributed by atoms with van der Waals surface area (Å²) in [5, 5.41) is 15.0. The van der Waals surface area contributed by atoms with Crippen molar-refractivity contribution in [1.82, 2.24) is 10.6 Å². The Hall–Kier alpha value is -3.35. The monoisotopic (exact) mass is 478 g/mol. The fourth-order valence-corrected chi connectivity index (χ4v) is 5.38. The highest BCUT2D eigenvalue weighted by molar-refractivity contribution is 5.84. The third kappa shape index (κ3) is 5.66. The van der Waals surface area contributed by atoms with Gasteiger partial charge in [-0.1, -0.05) is 68.8 Å². The number of nitrogens with one attached hydrogen (secondary N) is 2. The molecule has 35 heavy (non-hydrogen) atoms. The third-order valence-corrected chi connectivity index (χ3v) is 7.48. The van der Waals surface area contributed by atoms with Crippen molar-refractivity contribution in [2.45, 2.75) is 64.0 Å². The van der Waals surface area contributed by atoms with Gasteiger partial charge >= 0.3 is 12.1 Å². The number of aliphatic carboxylic acids is 1. The highest BCUT2D eigenvalue weighted by Gasteiger charge is 2.32. The number of carboxylic acid groups (broad SMARTS) is 1. The van der Waals surface area contributed by atoms with E-state index >= 15 is 0 Å². The van der Waals surface area contributed by atoms with Crippen LogP contribution in [0.25, 0.3) is 11.1 Å². The van der Waals surface area contributed by atoms with Crippen molar-refractivity contribution < 1.29 is 24.2 Å². The summed E-state index contributed by atoms with van der Waals surface area (Å²) in [6, 6.07) is 15.5. The number of carboxylic acids is 1. The Balaban J connectivity index is 1.25. The van der Waals surface area contributed by atoms with Gasteiger partial charge in [0, 0.05) is 18.4 Å². The van der Waals surface area contributed by atoms with Crippen molar-refractivity contribution in [2.24, 2.45) is 11.8 Å². The van der Waals surface area contributed by atoms with Gasteiger partial charge in [0.15, 0.2) is 0 Å². The molecule has 2 aromatic carbocycles. The summed E-state index contributed by atoms with van der Waals surface area (Å²) in [6.07, 6.45) is 2.76. The summed E-state index contributed by atoms with van der Waals surface area (Å²) >= 11 is 0. The largest absolute Gasteiger partial charge is 0.480 e. The first-order valence-electron chi connectivity index (χ1n) is 12.5. The maximum atomic E-state index is 12.6. The number of hydrogen-bond donors (Lipinski definition) is 3. The van der Waals surface area contributed by atoms with E-state index in [0.29, 0.717) is 12.8 Å². The number of benzene rings is 2. The summed E-state index contributed by atoms with van der Waals surface area (Å²) < 4.78 is 5.64. The third-order valence-electron chi connectivity index (χ3n) is 7.48. The molecule has 0 heterocycles. The van der Waals surface area contributed by atoms with Crippen LogP contribution in [0.5, 0.6) is 0 Å². The van der Waals surface area contributed by atoms with Crippen molar-refractivity contribution >= 4 is 18.0 Å². The average Bonchev–Trinajstić information content (AvgIpc) is 3.42. The van der Waals surface area contributed by atoms with E-state index < -0.39 is 18.1 Å². The second-order valence-corrected chi connectivity index (χ2v) is 9.82. The van der Waals surface area contributed by atoms with Crippen LogP contribution in [-0.2, 0) is 14.3 Å². The number of amides is 2. The molecule has 0 radical (unpaired) electrons. The maximum absolute atomic E-state index is 12.6. The van der Waals surface area contributed by atoms with E-state index in [1.807, 2.05) is 38.1 Å². The second-order valence-electron chi connectivity index (χ2n) is 9.82. The molecule has 186 valence electrons. The van der Waals surface area contributed by atoms with E-state index in [0.717, 1.165) is 12.8 Å². The molecule has 2 aliphatic rings. The molecule has 0 saturated heterocycles. The number of rotatable bonds is 9. The molecule has 0 spiro atoms. The molecule has 4 unspecified atom stereocenters. The molecule has 3 N–H and O–H groups in total. The topological polar surface area (TPSA) is 105 Å². The standard InChI is InChI=1S/C28H34N2O5/c1-3-17(2)26(27(32)33)30-25(31)15-18-12-13-19(14-18)29-28(34)35-16-24-22-10-6-4-8-20(22)21-9-5-7-11-23(21)24/h4-11,17-19,24,26H,3,12-16H2,1-2H3,(H,29,34)(H,30,31)(H,32,33). The van der Waals surface area contributed by atoms with Crippen LogP contribution in [0.1, 0.15) is 63.0 Å². The number of carbonyl (C=O) groups excluding carboxylic acids is 2. The lowest BCUT2D eigenvalue weighted by Crippen LogP contribution is -2.45. The number of carbonyl (C=O) groups is 3. The molecule has 0 aliphatic heterocycles. The number of alkyl carbamates (subject to hydrolysis) is 1. The Morgan fingerprint density at radius 1 is 1.03 bits per heavy atom. The molecule has 7 heteroatoms. The first kappa shape index (κ1) is 24.8. The molecule has 2 aromatic rings. The number of hydrogen-bond acceptors (Lipinski definition) is 4. The van der Waals surface area contributed by atoms with Gasteiger partial charge in [0.1, 0.15) is 12.6 Å². The van der Waals surface area contributed by atoms with E-state index in [4.69, 9.17) is 4.74 Å². The minimum atomic E-state index is -1.01. The van der Waals surface area contributed by atoms with Crippen LogP contribution in [-0.4, -0.2) is 41.8 Å². The lowest BCUT2D eigenvalue weighted by Gasteiger charge is -2.21. The molecule has 0 aromatic heterocycles. The van der Waals surface area contributed by atoms with Crippen molar-refractivity contribution in [1.29, 1.82) is 0 Å². The summed E-state index contributed by atoms with van der Waals surface area (Å²) in [7, 11) is 0. The van der Waals surface area contributed by atoms with E-state index in [1.54, 1.807) is 0 Å². The van der Waals surface area contributed by atoms with Gasteiger partial charge < -0.3 is 20.5 Å². The summed E-state index contributed by atoms with van der Waals surface area (Å²) in [5.41, 5.74) is 4.72. The zero-order valence-electron chi connectivity index (χ0n) is 20.3. The fourth-order valence-electron chi connectivity index (χ4n) is 5.38. The van der Waals surface area contributed by atoms with E-state index in [9.17, 15) is 19.5 Å². The average molecular weight is 479 g/mol. The van der Waals surface area contributed by atoms with Crippen molar-refractivity contribution in [2.75, 3.05) is 6.61 Å². The van der Waals surface area contributed by atoms with Crippen LogP contribution in [0.15, 0.2) is 48.5 Å². The molecule has 0 bridgehead atoms. The van der Waals surface area contributed by atoms with Crippen LogP contribution in [0.3, 0.4) is 0 Å². The Kier molecular flexibility index (Phi) is 7.73. The van der Waals surface area contributed by atoms with Gasteiger partial charge in [0.2, 0.25) is 5.91 Å². The molecule has 2 amide bonds. The molecule has 2 aliphatic carbocycles. The van der Waals surface area contributed by atoms with Crippen LogP contribution >= 0.6 is 0 Å². The molecular weight excluding hydrogens is 444 g/mol. The van der Waals surface area contributed by atoms with E-state index in [1.165, 1.54) is 22.3 Å².